The van der Waals surface area contributed by atoms with Crippen molar-refractivity contribution in [2.24, 2.45) is 5.73 Å². The van der Waals surface area contributed by atoms with E-state index >= 15 is 0 Å². The van der Waals surface area contributed by atoms with Gasteiger partial charge in [-0.3, -0.25) is 4.90 Å². The zero-order valence-electron chi connectivity index (χ0n) is 14.1. The van der Waals surface area contributed by atoms with Crippen LogP contribution in [0.15, 0.2) is 48.5 Å². The van der Waals surface area contributed by atoms with Crippen LogP contribution in [0.4, 0.5) is 8.78 Å². The summed E-state index contributed by atoms with van der Waals surface area (Å²) in [5.74, 6) is 0.629. The number of methoxy groups -OCH3 is 1. The smallest absolute Gasteiger partial charge is 0.387 e. The van der Waals surface area contributed by atoms with Crippen molar-refractivity contribution in [1.82, 2.24) is 4.90 Å². The van der Waals surface area contributed by atoms with Gasteiger partial charge in [-0.25, -0.2) is 0 Å². The molecule has 2 aromatic carbocycles. The summed E-state index contributed by atoms with van der Waals surface area (Å²) < 4.78 is 35.4. The van der Waals surface area contributed by atoms with Crippen molar-refractivity contribution >= 4 is 0 Å². The number of hydrogen-bond donors (Lipinski definition) is 1. The second kappa shape index (κ2) is 7.80. The van der Waals surface area contributed by atoms with E-state index in [-0.39, 0.29) is 17.7 Å². The Morgan fingerprint density at radius 3 is 2.56 bits per heavy atom. The fourth-order valence-corrected chi connectivity index (χ4v) is 3.41. The molecule has 2 atom stereocenters. The Balaban J connectivity index is 1.77. The lowest BCUT2D eigenvalue weighted by Crippen LogP contribution is -2.28. The first kappa shape index (κ1) is 17.6. The number of nitrogens with two attached hydrogens (primary N) is 1. The molecule has 1 aliphatic heterocycles. The van der Waals surface area contributed by atoms with E-state index in [2.05, 4.69) is 17.0 Å². The highest BCUT2D eigenvalue weighted by Crippen LogP contribution is 2.35. The maximum atomic E-state index is 12.8. The zero-order chi connectivity index (χ0) is 17.8. The van der Waals surface area contributed by atoms with E-state index in [1.54, 1.807) is 18.2 Å². The third kappa shape index (κ3) is 4.08. The Labute approximate surface area is 146 Å². The van der Waals surface area contributed by atoms with Gasteiger partial charge in [-0.1, -0.05) is 42.5 Å². The number of rotatable bonds is 6. The van der Waals surface area contributed by atoms with Crippen molar-refractivity contribution in [1.29, 1.82) is 0 Å². The molecule has 1 heterocycles. The van der Waals surface area contributed by atoms with Crippen molar-refractivity contribution in [3.63, 3.8) is 0 Å². The average Bonchev–Trinajstić information content (AvgIpc) is 2.97. The van der Waals surface area contributed by atoms with E-state index in [1.807, 2.05) is 18.2 Å². The van der Waals surface area contributed by atoms with Gasteiger partial charge in [0.05, 0.1) is 7.11 Å². The van der Waals surface area contributed by atoms with Crippen LogP contribution in [0.1, 0.15) is 17.0 Å². The summed E-state index contributed by atoms with van der Waals surface area (Å²) in [6.07, 6.45) is 0. The van der Waals surface area contributed by atoms with Crippen LogP contribution < -0.4 is 15.2 Å². The van der Waals surface area contributed by atoms with Gasteiger partial charge in [0.1, 0.15) is 0 Å². The van der Waals surface area contributed by atoms with Gasteiger partial charge in [0, 0.05) is 37.2 Å². The van der Waals surface area contributed by atoms with Crippen LogP contribution in [0.3, 0.4) is 0 Å². The molecule has 0 aliphatic carbocycles. The first-order valence-corrected chi connectivity index (χ1v) is 8.22. The lowest BCUT2D eigenvalue weighted by Gasteiger charge is -2.20. The van der Waals surface area contributed by atoms with Crippen molar-refractivity contribution < 1.29 is 18.3 Å². The number of para-hydroxylation sites is 1. The van der Waals surface area contributed by atoms with Crippen LogP contribution in [-0.4, -0.2) is 37.8 Å². The normalized spacial score (nSPS) is 20.8. The Hall–Kier alpha value is -2.18. The number of likely N-dealkylation sites (tertiary alicyclic amines) is 1. The minimum atomic E-state index is -2.90. The third-order valence-corrected chi connectivity index (χ3v) is 4.55. The van der Waals surface area contributed by atoms with Crippen LogP contribution in [0.5, 0.6) is 11.5 Å². The summed E-state index contributed by atoms with van der Waals surface area (Å²) in [4.78, 5) is 2.16. The van der Waals surface area contributed by atoms with E-state index in [4.69, 9.17) is 15.2 Å². The first-order chi connectivity index (χ1) is 12.1. The maximum absolute atomic E-state index is 12.8. The van der Waals surface area contributed by atoms with Crippen molar-refractivity contribution in [2.75, 3.05) is 20.2 Å². The molecule has 0 bridgehead atoms. The molecular weight excluding hydrogens is 326 g/mol. The quantitative estimate of drug-likeness (QED) is 0.871. The fraction of sp³-hybridized carbons (Fsp3) is 0.368. The zero-order valence-corrected chi connectivity index (χ0v) is 14.1. The molecule has 1 aliphatic rings. The summed E-state index contributed by atoms with van der Waals surface area (Å²) >= 11 is 0. The summed E-state index contributed by atoms with van der Waals surface area (Å²) in [5.41, 5.74) is 8.18. The third-order valence-electron chi connectivity index (χ3n) is 4.55. The summed E-state index contributed by atoms with van der Waals surface area (Å²) in [5, 5.41) is 0. The summed E-state index contributed by atoms with van der Waals surface area (Å²) in [7, 11) is 1.44. The topological polar surface area (TPSA) is 47.7 Å². The largest absolute Gasteiger partial charge is 0.493 e. The van der Waals surface area contributed by atoms with Gasteiger partial charge in [0.15, 0.2) is 11.5 Å². The minimum absolute atomic E-state index is 0.00692. The molecule has 0 amide bonds. The van der Waals surface area contributed by atoms with Gasteiger partial charge in [-0.2, -0.15) is 8.78 Å². The highest BCUT2D eigenvalue weighted by molar-refractivity contribution is 5.46. The molecule has 0 spiro atoms. The standard InChI is InChI=1S/C19H22F2N2O2/c1-24-17-9-5-8-14(18(17)25-19(20)21)10-23-11-15(16(22)12-23)13-6-3-2-4-7-13/h2-9,15-16,19H,10-12,22H2,1H3/t15-,16+/m0/s1. The molecule has 25 heavy (non-hydrogen) atoms. The Morgan fingerprint density at radius 1 is 1.12 bits per heavy atom. The van der Waals surface area contributed by atoms with Crippen molar-refractivity contribution in [2.45, 2.75) is 25.1 Å². The summed E-state index contributed by atoms with van der Waals surface area (Å²) in [6, 6.07) is 15.3. The lowest BCUT2D eigenvalue weighted by molar-refractivity contribution is -0.0521. The molecule has 3 rings (SSSR count). The molecule has 6 heteroatoms. The number of benzene rings is 2. The van der Waals surface area contributed by atoms with E-state index in [1.165, 1.54) is 12.7 Å². The molecule has 1 fully saturated rings. The van der Waals surface area contributed by atoms with Crippen LogP contribution in [0.25, 0.3) is 0 Å². The first-order valence-electron chi connectivity index (χ1n) is 8.22. The van der Waals surface area contributed by atoms with Gasteiger partial charge in [0.2, 0.25) is 0 Å². The van der Waals surface area contributed by atoms with Crippen molar-refractivity contribution in [3.8, 4) is 11.5 Å². The SMILES string of the molecule is COc1cccc(CN2C[C@@H](N)[C@H](c3ccccc3)C2)c1OC(F)F. The summed E-state index contributed by atoms with van der Waals surface area (Å²) in [6.45, 7) is -0.939. The number of hydrogen-bond acceptors (Lipinski definition) is 4. The lowest BCUT2D eigenvalue weighted by atomic mass is 9.95. The Kier molecular flexibility index (Phi) is 5.50. The molecule has 1 saturated heterocycles. The van der Waals surface area contributed by atoms with E-state index in [0.29, 0.717) is 24.4 Å². The molecule has 0 aromatic heterocycles. The molecule has 2 aromatic rings. The van der Waals surface area contributed by atoms with Gasteiger partial charge >= 0.3 is 6.61 Å². The number of ether oxygens (including phenoxy) is 2. The molecule has 134 valence electrons. The van der Waals surface area contributed by atoms with Gasteiger partial charge < -0.3 is 15.2 Å². The number of alkyl halides is 2. The average molecular weight is 348 g/mol. The number of nitrogens with zero attached hydrogens (tertiary/aromatic N) is 1. The van der Waals surface area contributed by atoms with Crippen LogP contribution in [0.2, 0.25) is 0 Å². The molecule has 0 radical (unpaired) electrons. The molecule has 0 unspecified atom stereocenters. The fourth-order valence-electron chi connectivity index (χ4n) is 3.41. The van der Waals surface area contributed by atoms with Crippen LogP contribution >= 0.6 is 0 Å². The minimum Gasteiger partial charge on any atom is -0.493 e. The predicted octanol–water partition coefficient (Wildman–Crippen LogP) is 3.22. The Morgan fingerprint density at radius 2 is 1.88 bits per heavy atom. The molecule has 2 N–H and O–H groups in total. The second-order valence-corrected chi connectivity index (χ2v) is 6.20. The van der Waals surface area contributed by atoms with Crippen LogP contribution in [0, 0.1) is 0 Å². The molecule has 4 nitrogen and oxygen atoms in total. The molecule has 0 saturated carbocycles. The van der Waals surface area contributed by atoms with E-state index in [0.717, 1.165) is 6.54 Å². The van der Waals surface area contributed by atoms with Gasteiger partial charge in [-0.05, 0) is 11.6 Å². The van der Waals surface area contributed by atoms with Crippen LogP contribution in [-0.2, 0) is 6.54 Å². The monoisotopic (exact) mass is 348 g/mol. The van der Waals surface area contributed by atoms with Gasteiger partial charge in [0.25, 0.3) is 0 Å². The highest BCUT2D eigenvalue weighted by Gasteiger charge is 2.31. The predicted molar refractivity (Wildman–Crippen MR) is 92.1 cm³/mol. The van der Waals surface area contributed by atoms with E-state index < -0.39 is 6.61 Å². The second-order valence-electron chi connectivity index (χ2n) is 6.20. The van der Waals surface area contributed by atoms with E-state index in [9.17, 15) is 8.78 Å². The van der Waals surface area contributed by atoms with Gasteiger partial charge in [-0.15, -0.1) is 0 Å². The molecular formula is C19H22F2N2O2. The maximum Gasteiger partial charge on any atom is 0.387 e. The highest BCUT2D eigenvalue weighted by atomic mass is 19.3. The van der Waals surface area contributed by atoms with Crippen molar-refractivity contribution in [3.05, 3.63) is 59.7 Å². The Bertz CT molecular complexity index is 697. The number of halogens is 2.